The minimum atomic E-state index is -0.452. The van der Waals surface area contributed by atoms with E-state index in [0.29, 0.717) is 5.56 Å². The lowest BCUT2D eigenvalue weighted by molar-refractivity contribution is -0.124. The second-order valence-corrected chi connectivity index (χ2v) is 5.77. The maximum atomic E-state index is 13.0. The summed E-state index contributed by atoms with van der Waals surface area (Å²) in [6.07, 6.45) is 0. The van der Waals surface area contributed by atoms with E-state index in [1.165, 1.54) is 18.2 Å². The van der Waals surface area contributed by atoms with Crippen LogP contribution in [0.5, 0.6) is 0 Å². The van der Waals surface area contributed by atoms with E-state index < -0.39 is 11.7 Å². The molecule has 1 aliphatic heterocycles. The van der Waals surface area contributed by atoms with Gasteiger partial charge in [0.15, 0.2) is 0 Å². The monoisotopic (exact) mass is 360 g/mol. The van der Waals surface area contributed by atoms with Crippen molar-refractivity contribution in [1.29, 1.82) is 0 Å². The number of nitrogens with one attached hydrogen (secondary N) is 1. The molecule has 1 aliphatic rings. The molecule has 2 rings (SSSR count). The summed E-state index contributed by atoms with van der Waals surface area (Å²) in [5.41, 5.74) is 0.298. The number of carbonyl (C=O) groups excluding carboxylic acids is 3. The van der Waals surface area contributed by atoms with Crippen LogP contribution in [-0.2, 0) is 4.79 Å². The highest BCUT2D eigenvalue weighted by Gasteiger charge is 2.29. The van der Waals surface area contributed by atoms with Gasteiger partial charge in [0.25, 0.3) is 11.1 Å². The molecular weight excluding hydrogens is 351 g/mol. The molecule has 0 bridgehead atoms. The minimum absolute atomic E-state index is 0.138. The normalized spacial score (nSPS) is 14.8. The Hall–Kier alpha value is -1.41. The molecule has 20 heavy (non-hydrogen) atoms. The van der Waals surface area contributed by atoms with Crippen LogP contribution in [0.4, 0.5) is 9.18 Å². The number of rotatable bonds is 4. The summed E-state index contributed by atoms with van der Waals surface area (Å²) >= 11 is 3.95. The fourth-order valence-corrected chi connectivity index (χ4v) is 2.75. The molecule has 1 N–H and O–H groups in total. The van der Waals surface area contributed by atoms with Gasteiger partial charge in [0.05, 0.1) is 10.2 Å². The van der Waals surface area contributed by atoms with E-state index in [1.54, 1.807) is 0 Å². The van der Waals surface area contributed by atoms with Gasteiger partial charge in [-0.05, 0) is 34.1 Å². The lowest BCUT2D eigenvalue weighted by Crippen LogP contribution is -2.37. The molecule has 0 unspecified atom stereocenters. The molecule has 0 aliphatic carbocycles. The highest BCUT2D eigenvalue weighted by molar-refractivity contribution is 9.10. The van der Waals surface area contributed by atoms with Gasteiger partial charge in [0.1, 0.15) is 5.82 Å². The zero-order chi connectivity index (χ0) is 14.7. The van der Waals surface area contributed by atoms with Gasteiger partial charge in [-0.1, -0.05) is 11.8 Å². The van der Waals surface area contributed by atoms with Crippen molar-refractivity contribution in [3.8, 4) is 0 Å². The van der Waals surface area contributed by atoms with Crippen LogP contribution in [-0.4, -0.2) is 40.8 Å². The lowest BCUT2D eigenvalue weighted by Gasteiger charge is -2.13. The van der Waals surface area contributed by atoms with E-state index >= 15 is 0 Å². The van der Waals surface area contributed by atoms with Crippen LogP contribution in [0.25, 0.3) is 0 Å². The predicted molar refractivity (Wildman–Crippen MR) is 76.0 cm³/mol. The number of hydrogen-bond acceptors (Lipinski definition) is 4. The fraction of sp³-hybridized carbons (Fsp3) is 0.250. The minimum Gasteiger partial charge on any atom is -0.350 e. The van der Waals surface area contributed by atoms with E-state index in [2.05, 4.69) is 21.2 Å². The first-order valence-corrected chi connectivity index (χ1v) is 7.47. The molecule has 0 radical (unpaired) electrons. The largest absolute Gasteiger partial charge is 0.350 e. The molecule has 1 saturated heterocycles. The van der Waals surface area contributed by atoms with E-state index in [4.69, 9.17) is 0 Å². The van der Waals surface area contributed by atoms with Crippen LogP contribution in [0.2, 0.25) is 0 Å². The third-order valence-electron chi connectivity index (χ3n) is 2.64. The standard InChI is InChI=1S/C12H10BrFN2O3S/c13-8-5-7(1-2-9(8)14)11(18)15-3-4-16-10(17)6-20-12(16)19/h1-2,5H,3-4,6H2,(H,15,18). The van der Waals surface area contributed by atoms with Gasteiger partial charge < -0.3 is 5.32 Å². The predicted octanol–water partition coefficient (Wildman–Crippen LogP) is 2.01. The number of imide groups is 1. The fourth-order valence-electron chi connectivity index (χ4n) is 1.62. The van der Waals surface area contributed by atoms with Gasteiger partial charge in [-0.25, -0.2) is 4.39 Å². The first kappa shape index (κ1) is 15.0. The maximum Gasteiger partial charge on any atom is 0.288 e. The Balaban J connectivity index is 1.87. The topological polar surface area (TPSA) is 66.5 Å². The Morgan fingerprint density at radius 2 is 2.20 bits per heavy atom. The Bertz CT molecular complexity index is 566. The molecule has 5 nitrogen and oxygen atoms in total. The SMILES string of the molecule is O=C(NCCN1C(=O)CSC1=O)c1ccc(F)c(Br)c1. The van der Waals surface area contributed by atoms with Crippen molar-refractivity contribution in [2.45, 2.75) is 0 Å². The summed E-state index contributed by atoms with van der Waals surface area (Å²) in [4.78, 5) is 35.6. The number of nitrogens with zero attached hydrogens (tertiary/aromatic N) is 1. The lowest BCUT2D eigenvalue weighted by atomic mass is 10.2. The van der Waals surface area contributed by atoms with E-state index in [9.17, 15) is 18.8 Å². The molecule has 0 spiro atoms. The number of amides is 3. The smallest absolute Gasteiger partial charge is 0.288 e. The van der Waals surface area contributed by atoms with Gasteiger partial charge in [-0.2, -0.15) is 0 Å². The van der Waals surface area contributed by atoms with Crippen LogP contribution in [0.1, 0.15) is 10.4 Å². The number of hydrogen-bond donors (Lipinski definition) is 1. The molecule has 1 heterocycles. The van der Waals surface area contributed by atoms with Crippen LogP contribution in [0.15, 0.2) is 22.7 Å². The average Bonchev–Trinajstić information content (AvgIpc) is 2.73. The van der Waals surface area contributed by atoms with Crippen molar-refractivity contribution in [2.75, 3.05) is 18.8 Å². The van der Waals surface area contributed by atoms with Crippen LogP contribution < -0.4 is 5.32 Å². The molecule has 3 amide bonds. The van der Waals surface area contributed by atoms with Gasteiger partial charge in [0, 0.05) is 18.7 Å². The molecule has 1 aromatic carbocycles. The Morgan fingerprint density at radius 1 is 1.45 bits per heavy atom. The number of carbonyl (C=O) groups is 3. The summed E-state index contributed by atoms with van der Waals surface area (Å²) < 4.78 is 13.2. The molecule has 106 valence electrons. The van der Waals surface area contributed by atoms with Gasteiger partial charge in [0.2, 0.25) is 5.91 Å². The third kappa shape index (κ3) is 3.37. The summed E-state index contributed by atoms with van der Waals surface area (Å²) in [7, 11) is 0. The maximum absolute atomic E-state index is 13.0. The summed E-state index contributed by atoms with van der Waals surface area (Å²) in [6, 6.07) is 3.91. The highest BCUT2D eigenvalue weighted by Crippen LogP contribution is 2.18. The summed E-state index contributed by atoms with van der Waals surface area (Å²) in [6.45, 7) is 0.296. The van der Waals surface area contributed by atoms with Gasteiger partial charge >= 0.3 is 0 Å². The Labute approximate surface area is 127 Å². The molecule has 0 atom stereocenters. The van der Waals surface area contributed by atoms with Crippen molar-refractivity contribution < 1.29 is 18.8 Å². The second-order valence-electron chi connectivity index (χ2n) is 3.98. The number of thioether (sulfide) groups is 1. The Morgan fingerprint density at radius 3 is 2.80 bits per heavy atom. The molecule has 0 saturated carbocycles. The zero-order valence-corrected chi connectivity index (χ0v) is 12.6. The van der Waals surface area contributed by atoms with E-state index in [1.807, 2.05) is 0 Å². The van der Waals surface area contributed by atoms with Crippen molar-refractivity contribution in [1.82, 2.24) is 10.2 Å². The molecule has 8 heteroatoms. The van der Waals surface area contributed by atoms with Crippen molar-refractivity contribution >= 4 is 44.7 Å². The molecule has 1 fully saturated rings. The molecular formula is C12H10BrFN2O3S. The second kappa shape index (κ2) is 6.36. The quantitative estimate of drug-likeness (QED) is 0.891. The first-order chi connectivity index (χ1) is 9.49. The number of halogens is 2. The van der Waals surface area contributed by atoms with Gasteiger partial charge in [-0.3, -0.25) is 19.3 Å². The third-order valence-corrected chi connectivity index (χ3v) is 4.11. The van der Waals surface area contributed by atoms with Crippen molar-refractivity contribution in [3.63, 3.8) is 0 Å². The highest BCUT2D eigenvalue weighted by atomic mass is 79.9. The van der Waals surface area contributed by atoms with Crippen LogP contribution in [0.3, 0.4) is 0 Å². The Kier molecular flexibility index (Phi) is 4.77. The first-order valence-electron chi connectivity index (χ1n) is 5.69. The average molecular weight is 361 g/mol. The van der Waals surface area contributed by atoms with Crippen molar-refractivity contribution in [2.24, 2.45) is 0 Å². The number of benzene rings is 1. The van der Waals surface area contributed by atoms with Crippen LogP contribution in [0, 0.1) is 5.82 Å². The zero-order valence-electron chi connectivity index (χ0n) is 10.2. The summed E-state index contributed by atoms with van der Waals surface area (Å²) in [5.74, 6) is -0.944. The van der Waals surface area contributed by atoms with Gasteiger partial charge in [-0.15, -0.1) is 0 Å². The van der Waals surface area contributed by atoms with E-state index in [-0.39, 0.29) is 34.5 Å². The summed E-state index contributed by atoms with van der Waals surface area (Å²) in [5, 5.41) is 2.28. The molecule has 0 aromatic heterocycles. The molecule has 1 aromatic rings. The van der Waals surface area contributed by atoms with E-state index in [0.717, 1.165) is 16.7 Å². The van der Waals surface area contributed by atoms with Crippen molar-refractivity contribution in [3.05, 3.63) is 34.1 Å². The van der Waals surface area contributed by atoms with Crippen LogP contribution >= 0.6 is 27.7 Å².